The molecule has 4 nitrogen and oxygen atoms in total. The molecule has 4 heteroatoms. The third kappa shape index (κ3) is 5.39. The van der Waals surface area contributed by atoms with Crippen molar-refractivity contribution in [1.82, 2.24) is 5.32 Å². The number of aliphatic hydroxyl groups is 1. The largest absolute Gasteiger partial charge is 0.481 e. The van der Waals surface area contributed by atoms with Crippen LogP contribution in [-0.4, -0.2) is 30.3 Å². The summed E-state index contributed by atoms with van der Waals surface area (Å²) in [6, 6.07) is 17.5. The first-order valence-corrected chi connectivity index (χ1v) is 8.27. The van der Waals surface area contributed by atoms with Gasteiger partial charge in [0.15, 0.2) is 6.10 Å². The van der Waals surface area contributed by atoms with E-state index < -0.39 is 6.10 Å². The molecule has 0 fully saturated rings. The quantitative estimate of drug-likeness (QED) is 0.783. The summed E-state index contributed by atoms with van der Waals surface area (Å²) in [5.74, 6) is 0.611. The van der Waals surface area contributed by atoms with E-state index in [1.165, 1.54) is 0 Å². The van der Waals surface area contributed by atoms with E-state index >= 15 is 0 Å². The van der Waals surface area contributed by atoms with E-state index in [-0.39, 0.29) is 18.4 Å². The highest BCUT2D eigenvalue weighted by atomic mass is 16.5. The van der Waals surface area contributed by atoms with Gasteiger partial charge in [0.05, 0.1) is 0 Å². The molecule has 2 N–H and O–H groups in total. The second kappa shape index (κ2) is 9.08. The van der Waals surface area contributed by atoms with Gasteiger partial charge in [-0.1, -0.05) is 48.0 Å². The third-order valence-electron chi connectivity index (χ3n) is 3.97. The van der Waals surface area contributed by atoms with E-state index in [2.05, 4.69) is 5.32 Å². The molecule has 24 heavy (non-hydrogen) atoms. The third-order valence-corrected chi connectivity index (χ3v) is 3.97. The molecule has 0 saturated carbocycles. The van der Waals surface area contributed by atoms with Crippen LogP contribution >= 0.6 is 0 Å². The molecule has 2 aromatic carbocycles. The Morgan fingerprint density at radius 2 is 1.79 bits per heavy atom. The summed E-state index contributed by atoms with van der Waals surface area (Å²) in [5, 5.41) is 12.2. The van der Waals surface area contributed by atoms with E-state index in [4.69, 9.17) is 4.74 Å². The van der Waals surface area contributed by atoms with Crippen LogP contribution in [0.2, 0.25) is 0 Å². The second-order valence-corrected chi connectivity index (χ2v) is 5.94. The lowest BCUT2D eigenvalue weighted by molar-refractivity contribution is -0.127. The van der Waals surface area contributed by atoms with Gasteiger partial charge in [-0.15, -0.1) is 0 Å². The number of hydrogen-bond acceptors (Lipinski definition) is 3. The lowest BCUT2D eigenvalue weighted by Gasteiger charge is -2.19. The molecule has 0 aromatic heterocycles. The fourth-order valence-electron chi connectivity index (χ4n) is 2.51. The Labute approximate surface area is 143 Å². The van der Waals surface area contributed by atoms with E-state index in [9.17, 15) is 9.90 Å². The maximum Gasteiger partial charge on any atom is 0.260 e. The normalized spacial score (nSPS) is 13.1. The van der Waals surface area contributed by atoms with Gasteiger partial charge in [-0.2, -0.15) is 0 Å². The maximum absolute atomic E-state index is 12.3. The average molecular weight is 327 g/mol. The Morgan fingerprint density at radius 3 is 2.42 bits per heavy atom. The smallest absolute Gasteiger partial charge is 0.260 e. The molecule has 2 unspecified atom stereocenters. The zero-order chi connectivity index (χ0) is 17.4. The number of aryl methyl sites for hydroxylation is 1. The van der Waals surface area contributed by atoms with Gasteiger partial charge in [-0.25, -0.2) is 0 Å². The number of ether oxygens (including phenoxy) is 1. The molecule has 0 aliphatic heterocycles. The van der Waals surface area contributed by atoms with Gasteiger partial charge in [-0.3, -0.25) is 4.79 Å². The Morgan fingerprint density at radius 1 is 1.12 bits per heavy atom. The fraction of sp³-hybridized carbons (Fsp3) is 0.350. The van der Waals surface area contributed by atoms with Gasteiger partial charge in [0.25, 0.3) is 5.91 Å². The van der Waals surface area contributed by atoms with Crippen molar-refractivity contribution in [3.8, 4) is 5.75 Å². The summed E-state index contributed by atoms with van der Waals surface area (Å²) in [6.45, 7) is 4.30. The van der Waals surface area contributed by atoms with E-state index in [1.807, 2.05) is 61.5 Å². The first-order valence-electron chi connectivity index (χ1n) is 8.27. The summed E-state index contributed by atoms with van der Waals surface area (Å²) >= 11 is 0. The van der Waals surface area contributed by atoms with E-state index in [0.717, 1.165) is 11.1 Å². The second-order valence-electron chi connectivity index (χ2n) is 5.94. The summed E-state index contributed by atoms with van der Waals surface area (Å²) in [7, 11) is 0. The minimum Gasteiger partial charge on any atom is -0.481 e. The highest BCUT2D eigenvalue weighted by Gasteiger charge is 2.17. The van der Waals surface area contributed by atoms with Crippen LogP contribution in [-0.2, 0) is 4.79 Å². The van der Waals surface area contributed by atoms with Crippen molar-refractivity contribution in [2.45, 2.75) is 32.3 Å². The van der Waals surface area contributed by atoms with Gasteiger partial charge in [-0.05, 0) is 38.0 Å². The molecule has 0 saturated heterocycles. The molecule has 2 aromatic rings. The molecule has 0 aliphatic rings. The summed E-state index contributed by atoms with van der Waals surface area (Å²) < 4.78 is 5.67. The number of benzene rings is 2. The summed E-state index contributed by atoms with van der Waals surface area (Å²) in [6.07, 6.45) is 0.0376. The summed E-state index contributed by atoms with van der Waals surface area (Å²) in [5.41, 5.74) is 2.26. The Bertz CT molecular complexity index is 625. The molecule has 2 atom stereocenters. The molecule has 0 bridgehead atoms. The average Bonchev–Trinajstić information content (AvgIpc) is 2.61. The minimum absolute atomic E-state index is 0.0881. The molecule has 0 heterocycles. The SMILES string of the molecule is Cc1ccc(OC(C)C(=O)NCC(CCO)c2ccccc2)cc1. The van der Waals surface area contributed by atoms with E-state index in [0.29, 0.717) is 18.7 Å². The van der Waals surface area contributed by atoms with Gasteiger partial charge in [0.2, 0.25) is 0 Å². The zero-order valence-electron chi connectivity index (χ0n) is 14.2. The van der Waals surface area contributed by atoms with Crippen molar-refractivity contribution < 1.29 is 14.6 Å². The first kappa shape index (κ1) is 18.0. The highest BCUT2D eigenvalue weighted by molar-refractivity contribution is 5.80. The number of carbonyl (C=O) groups excluding carboxylic acids is 1. The lowest BCUT2D eigenvalue weighted by atomic mass is 9.96. The van der Waals surface area contributed by atoms with Crippen LogP contribution in [0, 0.1) is 6.92 Å². The number of nitrogens with one attached hydrogen (secondary N) is 1. The molecule has 0 aliphatic carbocycles. The fourth-order valence-corrected chi connectivity index (χ4v) is 2.51. The Kier molecular flexibility index (Phi) is 6.82. The van der Waals surface area contributed by atoms with Crippen molar-refractivity contribution in [3.05, 3.63) is 65.7 Å². The van der Waals surface area contributed by atoms with Crippen LogP contribution in [0.4, 0.5) is 0 Å². The van der Waals surface area contributed by atoms with Gasteiger partial charge < -0.3 is 15.2 Å². The lowest BCUT2D eigenvalue weighted by Crippen LogP contribution is -2.38. The monoisotopic (exact) mass is 327 g/mol. The number of hydrogen-bond donors (Lipinski definition) is 2. The highest BCUT2D eigenvalue weighted by Crippen LogP contribution is 2.18. The Balaban J connectivity index is 1.89. The van der Waals surface area contributed by atoms with Crippen molar-refractivity contribution in [3.63, 3.8) is 0 Å². The molecule has 1 amide bonds. The Hall–Kier alpha value is -2.33. The van der Waals surface area contributed by atoms with Crippen LogP contribution in [0.15, 0.2) is 54.6 Å². The van der Waals surface area contributed by atoms with Crippen LogP contribution in [0.25, 0.3) is 0 Å². The zero-order valence-corrected chi connectivity index (χ0v) is 14.2. The predicted molar refractivity (Wildman–Crippen MR) is 95.2 cm³/mol. The molecule has 0 radical (unpaired) electrons. The number of amides is 1. The summed E-state index contributed by atoms with van der Waals surface area (Å²) in [4.78, 5) is 12.3. The van der Waals surface area contributed by atoms with Crippen LogP contribution in [0.5, 0.6) is 5.75 Å². The van der Waals surface area contributed by atoms with Crippen molar-refractivity contribution in [2.24, 2.45) is 0 Å². The van der Waals surface area contributed by atoms with Crippen molar-refractivity contribution in [2.75, 3.05) is 13.2 Å². The maximum atomic E-state index is 12.3. The van der Waals surface area contributed by atoms with Crippen molar-refractivity contribution in [1.29, 1.82) is 0 Å². The number of aliphatic hydroxyl groups excluding tert-OH is 1. The molecular formula is C20H25NO3. The first-order chi connectivity index (χ1) is 11.6. The molecule has 128 valence electrons. The minimum atomic E-state index is -0.571. The van der Waals surface area contributed by atoms with Gasteiger partial charge in [0, 0.05) is 19.1 Å². The molecular weight excluding hydrogens is 302 g/mol. The van der Waals surface area contributed by atoms with Crippen LogP contribution < -0.4 is 10.1 Å². The molecule has 2 rings (SSSR count). The topological polar surface area (TPSA) is 58.6 Å². The number of carbonyl (C=O) groups is 1. The van der Waals surface area contributed by atoms with E-state index in [1.54, 1.807) is 6.92 Å². The van der Waals surface area contributed by atoms with Gasteiger partial charge in [0.1, 0.15) is 5.75 Å². The van der Waals surface area contributed by atoms with Crippen molar-refractivity contribution >= 4 is 5.91 Å². The molecule has 0 spiro atoms. The number of rotatable bonds is 8. The standard InChI is InChI=1S/C20H25NO3/c1-15-8-10-19(11-9-15)24-16(2)20(23)21-14-18(12-13-22)17-6-4-3-5-7-17/h3-11,16,18,22H,12-14H2,1-2H3,(H,21,23). The predicted octanol–water partition coefficient (Wildman–Crippen LogP) is 3.04. The van der Waals surface area contributed by atoms with Crippen LogP contribution in [0.1, 0.15) is 30.4 Å². The van der Waals surface area contributed by atoms with Crippen LogP contribution in [0.3, 0.4) is 0 Å². The van der Waals surface area contributed by atoms with Gasteiger partial charge >= 0.3 is 0 Å².